The van der Waals surface area contributed by atoms with Gasteiger partial charge in [-0.25, -0.2) is 0 Å². The monoisotopic (exact) mass is 565 g/mol. The van der Waals surface area contributed by atoms with Crippen molar-refractivity contribution in [3.05, 3.63) is 70.2 Å². The predicted octanol–water partition coefficient (Wildman–Crippen LogP) is 8.66. The molecule has 0 aliphatic heterocycles. The quantitative estimate of drug-likeness (QED) is 0.110. The number of nitrogens with zero attached hydrogens (tertiary/aromatic N) is 1. The largest absolute Gasteiger partial charge is 0.493 e. The second kappa shape index (κ2) is 18.5. The van der Waals surface area contributed by atoms with E-state index in [-0.39, 0.29) is 12.3 Å². The minimum atomic E-state index is -0.0493. The first-order chi connectivity index (χ1) is 19.6. The number of aryl methyl sites for hydroxylation is 1. The number of aromatic nitrogens is 1. The van der Waals surface area contributed by atoms with Crippen molar-refractivity contribution in [2.45, 2.75) is 104 Å². The van der Waals surface area contributed by atoms with Gasteiger partial charge in [-0.1, -0.05) is 113 Å². The van der Waals surface area contributed by atoms with E-state index in [0.29, 0.717) is 12.4 Å². The van der Waals surface area contributed by atoms with Crippen LogP contribution < -0.4 is 19.4 Å². The number of rotatable bonds is 20. The van der Waals surface area contributed by atoms with Crippen LogP contribution in [0.25, 0.3) is 0 Å². The van der Waals surface area contributed by atoms with Crippen LogP contribution in [-0.4, -0.2) is 19.6 Å². The molecule has 0 saturated heterocycles. The standard InChI is InChI=1S/C34H48N2O3S/c1-4-5-6-7-8-9-10-11-12-13-14-17-23-39-32-21-20-29(25-33(32)38-3)26-34(37)35-31-19-16-15-18-30(31)27-36-22-24-40-28(36)2/h15-16,18-22,24-25H,4-14,17,23,26-27H2,1-3H3/p+1. The number of benzene rings is 2. The number of para-hydroxylation sites is 1. The zero-order valence-corrected chi connectivity index (χ0v) is 25.7. The Morgan fingerprint density at radius 3 is 2.20 bits per heavy atom. The van der Waals surface area contributed by atoms with Crippen molar-refractivity contribution in [2.24, 2.45) is 0 Å². The summed E-state index contributed by atoms with van der Waals surface area (Å²) in [5.74, 6) is 1.36. The summed E-state index contributed by atoms with van der Waals surface area (Å²) in [4.78, 5) is 12.9. The van der Waals surface area contributed by atoms with Gasteiger partial charge >= 0.3 is 0 Å². The first kappa shape index (κ1) is 31.7. The Bertz CT molecular complexity index is 1140. The summed E-state index contributed by atoms with van der Waals surface area (Å²) >= 11 is 1.72. The molecule has 1 aromatic heterocycles. The molecule has 0 saturated carbocycles. The first-order valence-corrected chi connectivity index (χ1v) is 16.1. The maximum Gasteiger partial charge on any atom is 0.234 e. The summed E-state index contributed by atoms with van der Waals surface area (Å²) in [5.41, 5.74) is 2.83. The van der Waals surface area contributed by atoms with Gasteiger partial charge in [0, 0.05) is 12.5 Å². The van der Waals surface area contributed by atoms with Crippen LogP contribution in [-0.2, 0) is 17.8 Å². The van der Waals surface area contributed by atoms with Gasteiger partial charge in [0.1, 0.15) is 0 Å². The summed E-state index contributed by atoms with van der Waals surface area (Å²) in [6.45, 7) is 5.79. The van der Waals surface area contributed by atoms with Crippen LogP contribution in [0.5, 0.6) is 11.5 Å². The molecule has 1 heterocycles. The molecule has 0 fully saturated rings. The number of hydrogen-bond acceptors (Lipinski definition) is 4. The molecule has 3 rings (SSSR count). The van der Waals surface area contributed by atoms with E-state index in [1.165, 1.54) is 75.6 Å². The normalized spacial score (nSPS) is 11.0. The van der Waals surface area contributed by atoms with Crippen molar-refractivity contribution in [3.8, 4) is 11.5 Å². The topological polar surface area (TPSA) is 51.4 Å². The summed E-state index contributed by atoms with van der Waals surface area (Å²) in [6.07, 6.45) is 18.3. The molecule has 40 heavy (non-hydrogen) atoms. The van der Waals surface area contributed by atoms with E-state index in [9.17, 15) is 4.79 Å². The Balaban J connectivity index is 1.37. The van der Waals surface area contributed by atoms with E-state index >= 15 is 0 Å². The first-order valence-electron chi connectivity index (χ1n) is 15.2. The number of carbonyl (C=O) groups is 1. The molecule has 0 unspecified atom stereocenters. The van der Waals surface area contributed by atoms with Gasteiger partial charge in [-0.2, -0.15) is 4.57 Å². The number of hydrogen-bond donors (Lipinski definition) is 1. The Morgan fingerprint density at radius 2 is 1.55 bits per heavy atom. The number of anilines is 1. The average Bonchev–Trinajstić information content (AvgIpc) is 3.36. The summed E-state index contributed by atoms with van der Waals surface area (Å²) < 4.78 is 13.8. The molecule has 1 N–H and O–H groups in total. The van der Waals surface area contributed by atoms with E-state index in [1.54, 1.807) is 18.4 Å². The van der Waals surface area contributed by atoms with Crippen LogP contribution in [0.3, 0.4) is 0 Å². The van der Waals surface area contributed by atoms with Gasteiger partial charge in [-0.3, -0.25) is 4.79 Å². The smallest absolute Gasteiger partial charge is 0.234 e. The number of methoxy groups -OCH3 is 1. The van der Waals surface area contributed by atoms with E-state index < -0.39 is 0 Å². The highest BCUT2D eigenvalue weighted by Gasteiger charge is 2.14. The molecule has 0 bridgehead atoms. The lowest BCUT2D eigenvalue weighted by molar-refractivity contribution is -0.689. The molecule has 0 spiro atoms. The fourth-order valence-electron chi connectivity index (χ4n) is 4.95. The third-order valence-electron chi connectivity index (χ3n) is 7.36. The lowest BCUT2D eigenvalue weighted by Gasteiger charge is -2.13. The number of unbranched alkanes of at least 4 members (excludes halogenated alkanes) is 11. The van der Waals surface area contributed by atoms with Crippen LogP contribution in [0.1, 0.15) is 100 Å². The maximum absolute atomic E-state index is 12.9. The summed E-state index contributed by atoms with van der Waals surface area (Å²) in [7, 11) is 1.65. The van der Waals surface area contributed by atoms with Gasteiger partial charge in [0.2, 0.25) is 10.9 Å². The Labute approximate surface area is 245 Å². The zero-order valence-electron chi connectivity index (χ0n) is 24.9. The highest BCUT2D eigenvalue weighted by Crippen LogP contribution is 2.29. The van der Waals surface area contributed by atoms with E-state index in [1.807, 2.05) is 36.4 Å². The number of carbonyl (C=O) groups excluding carboxylic acids is 1. The van der Waals surface area contributed by atoms with E-state index in [4.69, 9.17) is 9.47 Å². The molecule has 5 nitrogen and oxygen atoms in total. The van der Waals surface area contributed by atoms with Gasteiger partial charge < -0.3 is 14.8 Å². The molecule has 1 amide bonds. The van der Waals surface area contributed by atoms with E-state index in [2.05, 4.69) is 41.4 Å². The van der Waals surface area contributed by atoms with Gasteiger partial charge in [0.25, 0.3) is 0 Å². The number of ether oxygens (including phenoxy) is 2. The molecule has 0 radical (unpaired) electrons. The van der Waals surface area contributed by atoms with Crippen LogP contribution in [0.4, 0.5) is 5.69 Å². The van der Waals surface area contributed by atoms with Crippen molar-refractivity contribution in [1.82, 2.24) is 0 Å². The lowest BCUT2D eigenvalue weighted by atomic mass is 10.1. The lowest BCUT2D eigenvalue weighted by Crippen LogP contribution is -2.34. The van der Waals surface area contributed by atoms with Crippen molar-refractivity contribution < 1.29 is 18.8 Å². The maximum atomic E-state index is 12.9. The number of amides is 1. The number of thiazole rings is 1. The van der Waals surface area contributed by atoms with Gasteiger partial charge in [0.05, 0.1) is 31.2 Å². The second-order valence-electron chi connectivity index (χ2n) is 10.7. The Hall–Kier alpha value is -2.86. The van der Waals surface area contributed by atoms with Gasteiger partial charge in [-0.05, 0) is 30.2 Å². The van der Waals surface area contributed by atoms with Crippen LogP contribution >= 0.6 is 11.3 Å². The summed E-state index contributed by atoms with van der Waals surface area (Å²) in [6, 6.07) is 13.8. The number of nitrogens with one attached hydrogen (secondary N) is 1. The summed E-state index contributed by atoms with van der Waals surface area (Å²) in [5, 5.41) is 6.41. The molecular formula is C34H49N2O3S+. The van der Waals surface area contributed by atoms with Crippen molar-refractivity contribution in [2.75, 3.05) is 19.0 Å². The molecule has 6 heteroatoms. The molecule has 0 atom stereocenters. The Kier molecular flexibility index (Phi) is 14.6. The predicted molar refractivity (Wildman–Crippen MR) is 167 cm³/mol. The zero-order chi connectivity index (χ0) is 28.4. The third kappa shape index (κ3) is 11.3. The third-order valence-corrected chi connectivity index (χ3v) is 8.20. The highest BCUT2D eigenvalue weighted by molar-refractivity contribution is 7.09. The van der Waals surface area contributed by atoms with Crippen LogP contribution in [0, 0.1) is 6.92 Å². The average molecular weight is 566 g/mol. The second-order valence-corrected chi connectivity index (χ2v) is 11.8. The SMILES string of the molecule is CCCCCCCCCCCCCCOc1ccc(CC(=O)Nc2ccccc2C[n+]2ccsc2C)cc1OC. The minimum absolute atomic E-state index is 0.0493. The molecule has 0 aliphatic carbocycles. The highest BCUT2D eigenvalue weighted by atomic mass is 32.1. The molecule has 0 aliphatic rings. The Morgan fingerprint density at radius 1 is 0.875 bits per heavy atom. The van der Waals surface area contributed by atoms with Gasteiger partial charge in [0.15, 0.2) is 24.2 Å². The van der Waals surface area contributed by atoms with Crippen molar-refractivity contribution >= 4 is 22.9 Å². The van der Waals surface area contributed by atoms with Crippen molar-refractivity contribution in [3.63, 3.8) is 0 Å². The molecule has 218 valence electrons. The van der Waals surface area contributed by atoms with Gasteiger partial charge in [-0.15, -0.1) is 0 Å². The fourth-order valence-corrected chi connectivity index (χ4v) is 5.61. The molecular weight excluding hydrogens is 516 g/mol. The van der Waals surface area contributed by atoms with Crippen LogP contribution in [0.2, 0.25) is 0 Å². The fraction of sp³-hybridized carbons (Fsp3) is 0.529. The molecule has 3 aromatic rings. The van der Waals surface area contributed by atoms with Crippen LogP contribution in [0.15, 0.2) is 54.0 Å². The van der Waals surface area contributed by atoms with E-state index in [0.717, 1.165) is 35.5 Å². The minimum Gasteiger partial charge on any atom is -0.493 e. The molecule has 2 aromatic carbocycles. The van der Waals surface area contributed by atoms with Crippen molar-refractivity contribution in [1.29, 1.82) is 0 Å².